The lowest BCUT2D eigenvalue weighted by atomic mass is 9.76. The Morgan fingerprint density at radius 3 is 2.18 bits per heavy atom. The number of rotatable bonds is 10. The highest BCUT2D eigenvalue weighted by molar-refractivity contribution is 5.81. The van der Waals surface area contributed by atoms with E-state index in [2.05, 4.69) is 13.8 Å². The molecule has 28 heavy (non-hydrogen) atoms. The number of guanidine groups is 1. The number of nitrogens with two attached hydrogens (primary N) is 1. The molecule has 4 heteroatoms. The summed E-state index contributed by atoms with van der Waals surface area (Å²) in [7, 11) is 2.01. The topological polar surface area (TPSA) is 58.7 Å². The van der Waals surface area contributed by atoms with E-state index in [0.717, 1.165) is 44.4 Å². The number of aliphatic imine (C=N–C) groups is 1. The maximum absolute atomic E-state index is 12.4. The van der Waals surface area contributed by atoms with Gasteiger partial charge in [0, 0.05) is 13.6 Å². The Balaban J connectivity index is 2.09. The van der Waals surface area contributed by atoms with Gasteiger partial charge in [-0.15, -0.1) is 0 Å². The van der Waals surface area contributed by atoms with Crippen LogP contribution in [0.1, 0.15) is 104 Å². The van der Waals surface area contributed by atoms with Crippen LogP contribution in [-0.2, 0) is 4.79 Å². The van der Waals surface area contributed by atoms with E-state index in [1.165, 1.54) is 64.2 Å². The van der Waals surface area contributed by atoms with Gasteiger partial charge in [0.1, 0.15) is 11.8 Å². The molecule has 0 aliphatic heterocycles. The molecule has 0 spiro atoms. The van der Waals surface area contributed by atoms with Gasteiger partial charge >= 0.3 is 0 Å². The van der Waals surface area contributed by atoms with Gasteiger partial charge in [0.15, 0.2) is 5.96 Å². The summed E-state index contributed by atoms with van der Waals surface area (Å²) in [6.07, 6.45) is 18.3. The number of nitrogens with zero attached hydrogens (tertiary/aromatic N) is 2. The minimum atomic E-state index is -0.615. The highest BCUT2D eigenvalue weighted by atomic mass is 16.1. The number of carbonyl (C=O) groups excluding carboxylic acids is 1. The minimum Gasteiger partial charge on any atom is -0.370 e. The molecule has 0 saturated heterocycles. The molecule has 0 unspecified atom stereocenters. The van der Waals surface area contributed by atoms with Crippen molar-refractivity contribution in [2.75, 3.05) is 13.6 Å². The van der Waals surface area contributed by atoms with Crippen molar-refractivity contribution in [1.82, 2.24) is 4.90 Å². The molecule has 0 bridgehead atoms. The third-order valence-electron chi connectivity index (χ3n) is 7.07. The van der Waals surface area contributed by atoms with E-state index in [0.29, 0.717) is 17.8 Å². The Morgan fingerprint density at radius 2 is 1.64 bits per heavy atom. The van der Waals surface area contributed by atoms with Crippen LogP contribution in [0.25, 0.3) is 0 Å². The molecule has 0 aromatic rings. The molecular weight excluding hydrogens is 346 g/mol. The number of hydrogen-bond acceptors (Lipinski definition) is 2. The molecule has 0 aromatic heterocycles. The van der Waals surface area contributed by atoms with Crippen LogP contribution in [0.2, 0.25) is 0 Å². The van der Waals surface area contributed by atoms with Gasteiger partial charge in [-0.3, -0.25) is 0 Å². The Hall–Kier alpha value is -1.06. The van der Waals surface area contributed by atoms with E-state index in [4.69, 9.17) is 10.7 Å². The zero-order valence-electron chi connectivity index (χ0n) is 18.8. The van der Waals surface area contributed by atoms with Gasteiger partial charge in [0.05, 0.1) is 0 Å². The fraction of sp³-hybridized carbons (Fsp3) is 0.917. The number of carbonyl (C=O) groups is 1. The maximum Gasteiger partial charge on any atom is 0.191 e. The summed E-state index contributed by atoms with van der Waals surface area (Å²) in [6.45, 7) is 5.35. The molecule has 2 saturated carbocycles. The normalized spacial score (nSPS) is 22.2. The molecule has 4 nitrogen and oxygen atoms in total. The van der Waals surface area contributed by atoms with E-state index < -0.39 is 5.54 Å². The van der Waals surface area contributed by atoms with Crippen molar-refractivity contribution in [3.8, 4) is 0 Å². The lowest BCUT2D eigenvalue weighted by Crippen LogP contribution is -2.41. The zero-order valence-corrected chi connectivity index (χ0v) is 18.8. The second-order valence-electron chi connectivity index (χ2n) is 10.0. The average molecular weight is 392 g/mol. The van der Waals surface area contributed by atoms with E-state index in [1.54, 1.807) is 0 Å². The SMILES string of the molecule is CC(C)CCN(C)C(N)=N[C@](C=O)(CCC1CCCCC1)CC1CCCCC1. The molecular formula is C24H45N3O. The summed E-state index contributed by atoms with van der Waals surface area (Å²) in [5, 5.41) is 0. The van der Waals surface area contributed by atoms with Crippen molar-refractivity contribution in [3.05, 3.63) is 0 Å². The number of hydrogen-bond donors (Lipinski definition) is 1. The van der Waals surface area contributed by atoms with Crippen molar-refractivity contribution in [2.45, 2.75) is 109 Å². The first-order valence-corrected chi connectivity index (χ1v) is 12.0. The van der Waals surface area contributed by atoms with E-state index >= 15 is 0 Å². The minimum absolute atomic E-state index is 0.548. The molecule has 2 fully saturated rings. The average Bonchev–Trinajstić information content (AvgIpc) is 2.71. The highest BCUT2D eigenvalue weighted by Crippen LogP contribution is 2.36. The summed E-state index contributed by atoms with van der Waals surface area (Å²) in [5.74, 6) is 2.59. The van der Waals surface area contributed by atoms with Crippen LogP contribution in [0.4, 0.5) is 0 Å². The Morgan fingerprint density at radius 1 is 1.07 bits per heavy atom. The molecule has 2 N–H and O–H groups in total. The first-order valence-electron chi connectivity index (χ1n) is 12.0. The Labute approximate surface area is 173 Å². The van der Waals surface area contributed by atoms with Gasteiger partial charge in [-0.1, -0.05) is 78.1 Å². The fourth-order valence-electron chi connectivity index (χ4n) is 5.04. The molecule has 2 aliphatic rings. The van der Waals surface area contributed by atoms with Crippen LogP contribution < -0.4 is 5.73 Å². The van der Waals surface area contributed by atoms with Crippen molar-refractivity contribution in [3.63, 3.8) is 0 Å². The quantitative estimate of drug-likeness (QED) is 0.302. The van der Waals surface area contributed by atoms with Gasteiger partial charge in [-0.2, -0.15) is 0 Å². The predicted octanol–water partition coefficient (Wildman–Crippen LogP) is 5.55. The van der Waals surface area contributed by atoms with Gasteiger partial charge in [0.25, 0.3) is 0 Å². The third kappa shape index (κ3) is 7.75. The van der Waals surface area contributed by atoms with Gasteiger partial charge in [0.2, 0.25) is 0 Å². The van der Waals surface area contributed by atoms with Crippen LogP contribution in [0.15, 0.2) is 4.99 Å². The molecule has 0 aromatic carbocycles. The summed E-state index contributed by atoms with van der Waals surface area (Å²) >= 11 is 0. The van der Waals surface area contributed by atoms with Crippen LogP contribution in [0.3, 0.4) is 0 Å². The lowest BCUT2D eigenvalue weighted by Gasteiger charge is -2.34. The summed E-state index contributed by atoms with van der Waals surface area (Å²) in [4.78, 5) is 19.4. The standard InChI is InChI=1S/C24H45N3O/c1-20(2)15-17-27(3)23(25)26-24(19-28,18-22-12-8-5-9-13-22)16-14-21-10-6-4-7-11-21/h19-22H,4-18H2,1-3H3,(H2,25,26)/t24-/m1/s1. The van der Waals surface area contributed by atoms with Gasteiger partial charge < -0.3 is 15.4 Å². The first-order chi connectivity index (χ1) is 13.4. The summed E-state index contributed by atoms with van der Waals surface area (Å²) < 4.78 is 0. The van der Waals surface area contributed by atoms with E-state index in [1.807, 2.05) is 11.9 Å². The fourth-order valence-corrected chi connectivity index (χ4v) is 5.04. The van der Waals surface area contributed by atoms with Crippen molar-refractivity contribution in [2.24, 2.45) is 28.5 Å². The molecule has 2 aliphatic carbocycles. The highest BCUT2D eigenvalue weighted by Gasteiger charge is 2.34. The van der Waals surface area contributed by atoms with Crippen molar-refractivity contribution in [1.29, 1.82) is 0 Å². The van der Waals surface area contributed by atoms with Crippen LogP contribution in [0.5, 0.6) is 0 Å². The second kappa shape index (κ2) is 11.8. The van der Waals surface area contributed by atoms with Crippen LogP contribution in [0, 0.1) is 17.8 Å². The van der Waals surface area contributed by atoms with E-state index in [-0.39, 0.29) is 0 Å². The molecule has 0 heterocycles. The molecule has 1 atom stereocenters. The summed E-state index contributed by atoms with van der Waals surface area (Å²) in [6, 6.07) is 0. The Kier molecular flexibility index (Phi) is 9.81. The van der Waals surface area contributed by atoms with Gasteiger partial charge in [-0.05, 0) is 43.4 Å². The Bertz CT molecular complexity index is 478. The third-order valence-corrected chi connectivity index (χ3v) is 7.07. The zero-order chi connectivity index (χ0) is 20.4. The number of aldehydes is 1. The largest absolute Gasteiger partial charge is 0.370 e. The lowest BCUT2D eigenvalue weighted by molar-refractivity contribution is -0.113. The van der Waals surface area contributed by atoms with Crippen LogP contribution >= 0.6 is 0 Å². The summed E-state index contributed by atoms with van der Waals surface area (Å²) in [5.41, 5.74) is 5.78. The smallest absolute Gasteiger partial charge is 0.191 e. The van der Waals surface area contributed by atoms with Crippen molar-refractivity contribution >= 4 is 12.2 Å². The second-order valence-corrected chi connectivity index (χ2v) is 10.0. The monoisotopic (exact) mass is 391 g/mol. The van der Waals surface area contributed by atoms with Gasteiger partial charge in [-0.25, -0.2) is 4.99 Å². The van der Waals surface area contributed by atoms with Crippen molar-refractivity contribution < 1.29 is 4.79 Å². The maximum atomic E-state index is 12.4. The first kappa shape index (κ1) is 23.2. The molecule has 2 rings (SSSR count). The molecule has 0 radical (unpaired) electrons. The van der Waals surface area contributed by atoms with E-state index in [9.17, 15) is 4.79 Å². The predicted molar refractivity (Wildman–Crippen MR) is 120 cm³/mol. The molecule has 162 valence electrons. The molecule has 0 amide bonds. The van der Waals surface area contributed by atoms with Crippen LogP contribution in [-0.4, -0.2) is 36.3 Å².